The first-order valence-electron chi connectivity index (χ1n) is 8.40. The first kappa shape index (κ1) is 15.0. The van der Waals surface area contributed by atoms with Crippen molar-refractivity contribution in [1.29, 1.82) is 0 Å². The van der Waals surface area contributed by atoms with Gasteiger partial charge in [-0.05, 0) is 36.1 Å². The molecule has 4 nitrogen and oxygen atoms in total. The van der Waals surface area contributed by atoms with Crippen LogP contribution in [0.15, 0.2) is 53.5 Å². The van der Waals surface area contributed by atoms with E-state index in [1.807, 2.05) is 18.2 Å². The second-order valence-electron chi connectivity index (χ2n) is 6.13. The summed E-state index contributed by atoms with van der Waals surface area (Å²) in [5.41, 5.74) is 2.34. The number of pyridine rings is 1. The maximum Gasteiger partial charge on any atom is 0.258 e. The monoisotopic (exact) mass is 320 g/mol. The minimum atomic E-state index is -0.0456. The largest absolute Gasteiger partial charge is 0.395 e. The van der Waals surface area contributed by atoms with Crippen LogP contribution in [0, 0.1) is 0 Å². The summed E-state index contributed by atoms with van der Waals surface area (Å²) in [5.74, 6) is 0. The molecule has 0 spiro atoms. The van der Waals surface area contributed by atoms with Gasteiger partial charge in [-0.2, -0.15) is 0 Å². The molecule has 0 unspecified atom stereocenters. The molecular weight excluding hydrogens is 300 g/mol. The van der Waals surface area contributed by atoms with E-state index in [4.69, 9.17) is 5.11 Å². The zero-order valence-corrected chi connectivity index (χ0v) is 13.7. The van der Waals surface area contributed by atoms with E-state index in [0.717, 1.165) is 23.7 Å². The summed E-state index contributed by atoms with van der Waals surface area (Å²) < 4.78 is 3.91. The average Bonchev–Trinajstić information content (AvgIpc) is 2.92. The van der Waals surface area contributed by atoms with Gasteiger partial charge in [-0.3, -0.25) is 4.79 Å². The summed E-state index contributed by atoms with van der Waals surface area (Å²) in [5, 5.41) is 13.1. The highest BCUT2D eigenvalue weighted by Gasteiger charge is 2.14. The Kier molecular flexibility index (Phi) is 3.62. The van der Waals surface area contributed by atoms with Crippen molar-refractivity contribution in [2.75, 3.05) is 6.61 Å². The molecule has 0 atom stereocenters. The molecule has 4 rings (SSSR count). The van der Waals surface area contributed by atoms with E-state index in [0.29, 0.717) is 11.9 Å². The molecule has 4 aromatic rings. The molecule has 122 valence electrons. The van der Waals surface area contributed by atoms with Crippen LogP contribution in [0.3, 0.4) is 0 Å². The van der Waals surface area contributed by atoms with Gasteiger partial charge < -0.3 is 14.2 Å². The van der Waals surface area contributed by atoms with E-state index in [1.54, 1.807) is 10.8 Å². The zero-order valence-electron chi connectivity index (χ0n) is 13.7. The third kappa shape index (κ3) is 2.07. The van der Waals surface area contributed by atoms with Crippen molar-refractivity contribution in [3.8, 4) is 0 Å². The SMILES string of the molecule is CCCn1c2ccccc2c2c3ccn(CCO)c(=O)c3ccc21. The molecule has 0 fully saturated rings. The van der Waals surface area contributed by atoms with Gasteiger partial charge in [0.05, 0.1) is 6.61 Å². The molecule has 0 aliphatic heterocycles. The molecule has 0 radical (unpaired) electrons. The molecule has 0 saturated heterocycles. The lowest BCUT2D eigenvalue weighted by atomic mass is 10.1. The lowest BCUT2D eigenvalue weighted by Gasteiger charge is -2.08. The van der Waals surface area contributed by atoms with Gasteiger partial charge >= 0.3 is 0 Å². The predicted octanol–water partition coefficient (Wildman–Crippen LogP) is 3.51. The van der Waals surface area contributed by atoms with Crippen LogP contribution in [0.5, 0.6) is 0 Å². The molecule has 0 aliphatic rings. The molecular formula is C20H20N2O2. The van der Waals surface area contributed by atoms with Crippen molar-refractivity contribution < 1.29 is 5.11 Å². The Balaban J connectivity index is 2.17. The topological polar surface area (TPSA) is 47.2 Å². The van der Waals surface area contributed by atoms with Crippen LogP contribution < -0.4 is 5.56 Å². The van der Waals surface area contributed by atoms with E-state index < -0.39 is 0 Å². The average molecular weight is 320 g/mol. The number of hydrogen-bond donors (Lipinski definition) is 1. The summed E-state index contributed by atoms with van der Waals surface area (Å²) in [6, 6.07) is 14.3. The molecule has 2 aromatic carbocycles. The summed E-state index contributed by atoms with van der Waals surface area (Å²) in [7, 11) is 0. The number of rotatable bonds is 4. The maximum atomic E-state index is 12.7. The lowest BCUT2D eigenvalue weighted by Crippen LogP contribution is -2.21. The Morgan fingerprint density at radius 3 is 2.54 bits per heavy atom. The fraction of sp³-hybridized carbons (Fsp3) is 0.250. The highest BCUT2D eigenvalue weighted by Crippen LogP contribution is 2.33. The van der Waals surface area contributed by atoms with Crippen molar-refractivity contribution in [2.45, 2.75) is 26.4 Å². The second-order valence-corrected chi connectivity index (χ2v) is 6.13. The van der Waals surface area contributed by atoms with E-state index in [2.05, 4.69) is 35.8 Å². The number of aliphatic hydroxyl groups excluding tert-OH is 1. The number of nitrogens with zero attached hydrogens (tertiary/aromatic N) is 2. The van der Waals surface area contributed by atoms with Crippen molar-refractivity contribution in [3.63, 3.8) is 0 Å². The van der Waals surface area contributed by atoms with Crippen LogP contribution in [-0.2, 0) is 13.1 Å². The van der Waals surface area contributed by atoms with Crippen LogP contribution >= 0.6 is 0 Å². The highest BCUT2D eigenvalue weighted by atomic mass is 16.3. The molecule has 2 heterocycles. The Labute approximate surface area is 139 Å². The van der Waals surface area contributed by atoms with Crippen molar-refractivity contribution in [3.05, 3.63) is 59.0 Å². The van der Waals surface area contributed by atoms with Crippen LogP contribution in [0.2, 0.25) is 0 Å². The molecule has 4 heteroatoms. The second kappa shape index (κ2) is 5.80. The number of para-hydroxylation sites is 1. The quantitative estimate of drug-likeness (QED) is 0.625. The van der Waals surface area contributed by atoms with Crippen LogP contribution in [0.1, 0.15) is 13.3 Å². The third-order valence-corrected chi connectivity index (χ3v) is 4.68. The summed E-state index contributed by atoms with van der Waals surface area (Å²) in [6.45, 7) is 3.42. The fourth-order valence-corrected chi connectivity index (χ4v) is 3.66. The Morgan fingerprint density at radius 2 is 1.75 bits per heavy atom. The fourth-order valence-electron chi connectivity index (χ4n) is 3.66. The van der Waals surface area contributed by atoms with Gasteiger partial charge in [-0.1, -0.05) is 25.1 Å². The first-order valence-corrected chi connectivity index (χ1v) is 8.40. The van der Waals surface area contributed by atoms with Gasteiger partial charge in [0, 0.05) is 46.5 Å². The standard InChI is InChI=1S/C20H20N2O2/c1-2-10-22-17-6-4-3-5-16(17)19-14-9-11-21(12-13-23)20(24)15(14)7-8-18(19)22/h3-9,11,23H,2,10,12-13H2,1H3. The Hall–Kier alpha value is -2.59. The zero-order chi connectivity index (χ0) is 16.7. The molecule has 0 bridgehead atoms. The van der Waals surface area contributed by atoms with Gasteiger partial charge in [0.15, 0.2) is 0 Å². The van der Waals surface area contributed by atoms with Gasteiger partial charge in [0.25, 0.3) is 5.56 Å². The smallest absolute Gasteiger partial charge is 0.258 e. The van der Waals surface area contributed by atoms with Crippen molar-refractivity contribution >= 4 is 32.6 Å². The molecule has 1 N–H and O–H groups in total. The number of aliphatic hydroxyl groups is 1. The number of benzene rings is 2. The highest BCUT2D eigenvalue weighted by molar-refractivity contribution is 6.20. The Bertz CT molecular complexity index is 1110. The minimum Gasteiger partial charge on any atom is -0.395 e. The molecule has 24 heavy (non-hydrogen) atoms. The number of aryl methyl sites for hydroxylation is 1. The van der Waals surface area contributed by atoms with Crippen molar-refractivity contribution in [1.82, 2.24) is 9.13 Å². The van der Waals surface area contributed by atoms with Crippen LogP contribution in [0.25, 0.3) is 32.6 Å². The van der Waals surface area contributed by atoms with Gasteiger partial charge in [0.2, 0.25) is 0 Å². The lowest BCUT2D eigenvalue weighted by molar-refractivity contribution is 0.274. The number of hydrogen-bond acceptors (Lipinski definition) is 2. The summed E-state index contributed by atoms with van der Waals surface area (Å²) in [4.78, 5) is 12.7. The first-order chi connectivity index (χ1) is 11.8. The molecule has 0 amide bonds. The summed E-state index contributed by atoms with van der Waals surface area (Å²) in [6.07, 6.45) is 2.84. The van der Waals surface area contributed by atoms with Gasteiger partial charge in [-0.15, -0.1) is 0 Å². The third-order valence-electron chi connectivity index (χ3n) is 4.68. The van der Waals surface area contributed by atoms with E-state index in [-0.39, 0.29) is 12.2 Å². The summed E-state index contributed by atoms with van der Waals surface area (Å²) >= 11 is 0. The molecule has 0 aliphatic carbocycles. The van der Waals surface area contributed by atoms with Gasteiger partial charge in [0.1, 0.15) is 0 Å². The number of aromatic nitrogens is 2. The van der Waals surface area contributed by atoms with Gasteiger partial charge in [-0.25, -0.2) is 0 Å². The Morgan fingerprint density at radius 1 is 0.917 bits per heavy atom. The van der Waals surface area contributed by atoms with E-state index in [9.17, 15) is 4.79 Å². The van der Waals surface area contributed by atoms with Crippen molar-refractivity contribution in [2.24, 2.45) is 0 Å². The predicted molar refractivity (Wildman–Crippen MR) is 98.6 cm³/mol. The van der Waals surface area contributed by atoms with E-state index in [1.165, 1.54) is 16.4 Å². The molecule has 0 saturated carbocycles. The van der Waals surface area contributed by atoms with Crippen LogP contribution in [-0.4, -0.2) is 20.8 Å². The number of fused-ring (bicyclic) bond motifs is 5. The van der Waals surface area contributed by atoms with E-state index >= 15 is 0 Å². The normalized spacial score (nSPS) is 11.8. The molecule has 2 aromatic heterocycles. The van der Waals surface area contributed by atoms with Crippen LogP contribution in [0.4, 0.5) is 0 Å². The minimum absolute atomic E-state index is 0.0382. The maximum absolute atomic E-state index is 12.7.